The van der Waals surface area contributed by atoms with E-state index in [2.05, 4.69) is 43.4 Å². The third kappa shape index (κ3) is 3.08. The van der Waals surface area contributed by atoms with Crippen molar-refractivity contribution in [1.82, 2.24) is 5.32 Å². The van der Waals surface area contributed by atoms with Crippen LogP contribution in [0.5, 0.6) is 0 Å². The number of hydrogen-bond donors (Lipinski definition) is 1. The third-order valence-corrected chi connectivity index (χ3v) is 3.58. The van der Waals surface area contributed by atoms with E-state index in [0.717, 1.165) is 26.2 Å². The minimum atomic E-state index is 0.453. The molecule has 1 aliphatic rings. The topological polar surface area (TPSA) is 21.3 Å². The van der Waals surface area contributed by atoms with Crippen LogP contribution in [-0.2, 0) is 11.2 Å². The second kappa shape index (κ2) is 6.18. The van der Waals surface area contributed by atoms with Gasteiger partial charge in [0.15, 0.2) is 0 Å². The second-order valence-electron chi connectivity index (χ2n) is 4.76. The van der Waals surface area contributed by atoms with Gasteiger partial charge in [0.1, 0.15) is 0 Å². The van der Waals surface area contributed by atoms with Crippen LogP contribution in [0.3, 0.4) is 0 Å². The van der Waals surface area contributed by atoms with Crippen molar-refractivity contribution in [2.24, 2.45) is 5.92 Å². The predicted octanol–water partition coefficient (Wildman–Crippen LogP) is 2.94. The van der Waals surface area contributed by atoms with Crippen LogP contribution in [0.1, 0.15) is 37.4 Å². The molecule has 94 valence electrons. The van der Waals surface area contributed by atoms with Crippen LogP contribution in [0.4, 0.5) is 0 Å². The summed E-state index contributed by atoms with van der Waals surface area (Å²) in [5.41, 5.74) is 2.84. The van der Waals surface area contributed by atoms with Gasteiger partial charge in [0, 0.05) is 18.6 Å². The number of benzene rings is 1. The maximum absolute atomic E-state index is 5.52. The summed E-state index contributed by atoms with van der Waals surface area (Å²) in [6.45, 7) is 7.21. The van der Waals surface area contributed by atoms with Crippen molar-refractivity contribution in [3.63, 3.8) is 0 Å². The first-order valence-corrected chi connectivity index (χ1v) is 6.75. The second-order valence-corrected chi connectivity index (χ2v) is 4.76. The van der Waals surface area contributed by atoms with E-state index in [9.17, 15) is 0 Å². The lowest BCUT2D eigenvalue weighted by molar-refractivity contribution is 0.177. The zero-order chi connectivity index (χ0) is 12.1. The molecule has 2 heteroatoms. The van der Waals surface area contributed by atoms with Crippen LogP contribution >= 0.6 is 0 Å². The average Bonchev–Trinajstić information content (AvgIpc) is 2.89. The van der Waals surface area contributed by atoms with E-state index in [1.807, 2.05) is 0 Å². The maximum Gasteiger partial charge on any atom is 0.0513 e. The van der Waals surface area contributed by atoms with E-state index in [1.54, 1.807) is 0 Å². The van der Waals surface area contributed by atoms with E-state index < -0.39 is 0 Å². The molecule has 1 aromatic rings. The van der Waals surface area contributed by atoms with Gasteiger partial charge < -0.3 is 10.1 Å². The molecule has 0 bridgehead atoms. The average molecular weight is 233 g/mol. The van der Waals surface area contributed by atoms with Crippen LogP contribution in [0.2, 0.25) is 0 Å². The molecule has 2 rings (SSSR count). The first-order valence-electron chi connectivity index (χ1n) is 6.75. The Labute approximate surface area is 104 Å². The summed E-state index contributed by atoms with van der Waals surface area (Å²) in [5.74, 6) is 0.627. The Hall–Kier alpha value is -0.860. The molecule has 1 aromatic carbocycles. The van der Waals surface area contributed by atoms with Crippen LogP contribution in [0, 0.1) is 5.92 Å². The molecule has 2 atom stereocenters. The predicted molar refractivity (Wildman–Crippen MR) is 71.2 cm³/mol. The van der Waals surface area contributed by atoms with E-state index in [-0.39, 0.29) is 0 Å². The van der Waals surface area contributed by atoms with Gasteiger partial charge in [0.2, 0.25) is 0 Å². The molecule has 0 saturated carbocycles. The number of aryl methyl sites for hydroxylation is 1. The van der Waals surface area contributed by atoms with Crippen molar-refractivity contribution in [3.05, 3.63) is 35.4 Å². The van der Waals surface area contributed by atoms with Gasteiger partial charge >= 0.3 is 0 Å². The first kappa shape index (κ1) is 12.6. The lowest BCUT2D eigenvalue weighted by atomic mass is 9.91. The van der Waals surface area contributed by atoms with Crippen molar-refractivity contribution in [2.75, 3.05) is 19.8 Å². The molecule has 0 spiro atoms. The van der Waals surface area contributed by atoms with Crippen molar-refractivity contribution in [1.29, 1.82) is 0 Å². The number of nitrogens with one attached hydrogen (secondary N) is 1. The number of hydrogen-bond acceptors (Lipinski definition) is 2. The Kier molecular flexibility index (Phi) is 4.57. The molecule has 1 aliphatic heterocycles. The smallest absolute Gasteiger partial charge is 0.0513 e. The molecule has 2 unspecified atom stereocenters. The molecular formula is C15H23NO. The molecule has 1 saturated heterocycles. The summed E-state index contributed by atoms with van der Waals surface area (Å²) >= 11 is 0. The Morgan fingerprint density at radius 1 is 1.41 bits per heavy atom. The Balaban J connectivity index is 2.18. The largest absolute Gasteiger partial charge is 0.381 e. The van der Waals surface area contributed by atoms with Crippen LogP contribution in [-0.4, -0.2) is 19.8 Å². The number of rotatable bonds is 5. The molecule has 0 amide bonds. The third-order valence-electron chi connectivity index (χ3n) is 3.58. The fourth-order valence-electron chi connectivity index (χ4n) is 2.60. The summed E-state index contributed by atoms with van der Waals surface area (Å²) < 4.78 is 5.52. The highest BCUT2D eigenvalue weighted by Gasteiger charge is 2.26. The van der Waals surface area contributed by atoms with E-state index in [4.69, 9.17) is 4.74 Å². The summed E-state index contributed by atoms with van der Waals surface area (Å²) in [6, 6.07) is 9.41. The molecule has 1 N–H and O–H groups in total. The first-order chi connectivity index (χ1) is 8.35. The van der Waals surface area contributed by atoms with E-state index >= 15 is 0 Å². The monoisotopic (exact) mass is 233 g/mol. The van der Waals surface area contributed by atoms with Crippen molar-refractivity contribution in [3.8, 4) is 0 Å². The zero-order valence-electron chi connectivity index (χ0n) is 10.9. The fraction of sp³-hybridized carbons (Fsp3) is 0.600. The molecule has 0 aliphatic carbocycles. The van der Waals surface area contributed by atoms with Crippen LogP contribution in [0.25, 0.3) is 0 Å². The zero-order valence-corrected chi connectivity index (χ0v) is 10.9. The lowest BCUT2D eigenvalue weighted by Crippen LogP contribution is -2.28. The quantitative estimate of drug-likeness (QED) is 0.844. The summed E-state index contributed by atoms with van der Waals surface area (Å²) in [6.07, 6.45) is 2.28. The van der Waals surface area contributed by atoms with E-state index in [0.29, 0.717) is 12.0 Å². The molecule has 1 heterocycles. The number of ether oxygens (including phenoxy) is 1. The van der Waals surface area contributed by atoms with Gasteiger partial charge in [-0.25, -0.2) is 0 Å². The van der Waals surface area contributed by atoms with Gasteiger partial charge in [-0.05, 0) is 30.5 Å². The minimum absolute atomic E-state index is 0.453. The van der Waals surface area contributed by atoms with Gasteiger partial charge in [-0.2, -0.15) is 0 Å². The SMILES string of the molecule is CCNC(c1cccc(CC)c1)C1CCOC1. The minimum Gasteiger partial charge on any atom is -0.381 e. The standard InChI is InChI=1S/C15H23NO/c1-3-12-6-5-7-13(10-12)15(16-4-2)14-8-9-17-11-14/h5-7,10,14-16H,3-4,8-9,11H2,1-2H3. The summed E-state index contributed by atoms with van der Waals surface area (Å²) in [4.78, 5) is 0. The van der Waals surface area contributed by atoms with Gasteiger partial charge in [0.25, 0.3) is 0 Å². The Morgan fingerprint density at radius 2 is 2.29 bits per heavy atom. The molecule has 0 aromatic heterocycles. The Bertz CT molecular complexity index is 345. The maximum atomic E-state index is 5.52. The summed E-state index contributed by atoms with van der Waals surface area (Å²) in [5, 5.41) is 3.61. The molecule has 0 radical (unpaired) electrons. The highest BCUT2D eigenvalue weighted by atomic mass is 16.5. The molecule has 1 fully saturated rings. The van der Waals surface area contributed by atoms with Gasteiger partial charge in [0.05, 0.1) is 6.61 Å². The molecule has 17 heavy (non-hydrogen) atoms. The van der Waals surface area contributed by atoms with Gasteiger partial charge in [-0.15, -0.1) is 0 Å². The fourth-order valence-corrected chi connectivity index (χ4v) is 2.60. The summed E-state index contributed by atoms with van der Waals surface area (Å²) in [7, 11) is 0. The highest BCUT2D eigenvalue weighted by molar-refractivity contribution is 5.26. The van der Waals surface area contributed by atoms with Gasteiger partial charge in [-0.1, -0.05) is 38.1 Å². The molecular weight excluding hydrogens is 210 g/mol. The Morgan fingerprint density at radius 3 is 2.94 bits per heavy atom. The highest BCUT2D eigenvalue weighted by Crippen LogP contribution is 2.29. The van der Waals surface area contributed by atoms with E-state index in [1.165, 1.54) is 17.5 Å². The van der Waals surface area contributed by atoms with Gasteiger partial charge in [-0.3, -0.25) is 0 Å². The lowest BCUT2D eigenvalue weighted by Gasteiger charge is -2.24. The van der Waals surface area contributed by atoms with Crippen molar-refractivity contribution < 1.29 is 4.74 Å². The van der Waals surface area contributed by atoms with Crippen LogP contribution < -0.4 is 5.32 Å². The van der Waals surface area contributed by atoms with Crippen LogP contribution in [0.15, 0.2) is 24.3 Å². The normalized spacial score (nSPS) is 21.6. The molecule has 2 nitrogen and oxygen atoms in total. The van der Waals surface area contributed by atoms with Crippen molar-refractivity contribution >= 4 is 0 Å². The van der Waals surface area contributed by atoms with Crippen molar-refractivity contribution in [2.45, 2.75) is 32.7 Å².